The summed E-state index contributed by atoms with van der Waals surface area (Å²) in [6.45, 7) is 5.50. The number of methoxy groups -OCH3 is 1. The van der Waals surface area contributed by atoms with Gasteiger partial charge in [-0.3, -0.25) is 9.69 Å². The van der Waals surface area contributed by atoms with Gasteiger partial charge in [0.05, 0.1) is 24.8 Å². The Bertz CT molecular complexity index is 1050. The number of para-hydroxylation sites is 1. The summed E-state index contributed by atoms with van der Waals surface area (Å²) in [6.07, 6.45) is -2.11. The predicted octanol–water partition coefficient (Wildman–Crippen LogP) is 4.61. The highest BCUT2D eigenvalue weighted by molar-refractivity contribution is 5.89. The highest BCUT2D eigenvalue weighted by Gasteiger charge is 2.38. The fourth-order valence-electron chi connectivity index (χ4n) is 4.01. The number of rotatable bonds is 8. The molecule has 11 heteroatoms. The lowest BCUT2D eigenvalue weighted by Gasteiger charge is -2.39. The minimum atomic E-state index is -5.08. The fraction of sp³-hybridized carbons (Fsp3) is 0.444. The maximum atomic E-state index is 13.1. The van der Waals surface area contributed by atoms with E-state index in [-0.39, 0.29) is 30.0 Å². The summed E-state index contributed by atoms with van der Waals surface area (Å²) in [5, 5.41) is 10.3. The molecule has 2 aromatic rings. The van der Waals surface area contributed by atoms with Crippen LogP contribution in [0.3, 0.4) is 0 Å². The Morgan fingerprint density at radius 3 is 2.21 bits per heavy atom. The molecule has 1 saturated heterocycles. The Morgan fingerprint density at radius 2 is 1.66 bits per heavy atom. The van der Waals surface area contributed by atoms with Gasteiger partial charge >= 0.3 is 18.1 Å². The number of nitrogens with zero attached hydrogens (tertiary/aromatic N) is 1. The molecule has 1 aliphatic rings. The molecule has 0 saturated carbocycles. The first-order chi connectivity index (χ1) is 17.9. The number of ether oxygens (including phenoxy) is 2. The smallest absolute Gasteiger partial charge is 0.490 e. The van der Waals surface area contributed by atoms with Crippen LogP contribution in [0.25, 0.3) is 0 Å². The number of carboxylic acids is 1. The number of hydrogen-bond donors (Lipinski definition) is 2. The fourth-order valence-corrected chi connectivity index (χ4v) is 4.01. The summed E-state index contributed by atoms with van der Waals surface area (Å²) < 4.78 is 42.4. The van der Waals surface area contributed by atoms with Crippen molar-refractivity contribution < 1.29 is 42.1 Å². The van der Waals surface area contributed by atoms with Crippen LogP contribution in [-0.4, -0.2) is 66.4 Å². The molecular formula is C27H33F3N2O6. The van der Waals surface area contributed by atoms with Crippen LogP contribution in [0.5, 0.6) is 5.75 Å². The number of benzene rings is 2. The molecule has 1 heterocycles. The van der Waals surface area contributed by atoms with Crippen molar-refractivity contribution >= 4 is 17.8 Å². The number of carbonyl (C=O) groups is 3. The number of carboxylic acid groups (broad SMARTS) is 1. The third-order valence-electron chi connectivity index (χ3n) is 6.08. The molecule has 2 unspecified atom stereocenters. The molecule has 0 radical (unpaired) electrons. The van der Waals surface area contributed by atoms with Crippen LogP contribution >= 0.6 is 0 Å². The Labute approximate surface area is 219 Å². The molecule has 0 bridgehead atoms. The van der Waals surface area contributed by atoms with Crippen molar-refractivity contribution in [3.05, 3.63) is 65.7 Å². The lowest BCUT2D eigenvalue weighted by molar-refractivity contribution is -0.192. The van der Waals surface area contributed by atoms with Crippen molar-refractivity contribution in [2.24, 2.45) is 0 Å². The van der Waals surface area contributed by atoms with Crippen molar-refractivity contribution in [1.29, 1.82) is 0 Å². The number of likely N-dealkylation sites (tertiary alicyclic amines) is 1. The van der Waals surface area contributed by atoms with Gasteiger partial charge in [0, 0.05) is 6.04 Å². The van der Waals surface area contributed by atoms with Gasteiger partial charge in [-0.05, 0) is 63.1 Å². The second-order valence-electron chi connectivity index (χ2n) is 8.87. The summed E-state index contributed by atoms with van der Waals surface area (Å²) in [4.78, 5) is 35.9. The standard InChI is InChI=1S/C25H32N2O4.C2HF3O2/c1-18(17-31-22-9-5-4-6-10-22)27-16-8-7-11-23(27)24(28)26-19(2)20-12-14-21(15-13-20)25(29)30-3;3-2(4,5)1(6)7/h4-6,9-10,12-15,18-19,23H,7-8,11,16-17H2,1-3H3,(H,26,28);(H,6,7)/t18?,19?,23-;/m1./s1. The summed E-state index contributed by atoms with van der Waals surface area (Å²) in [7, 11) is 1.36. The Balaban J connectivity index is 0.000000638. The van der Waals surface area contributed by atoms with E-state index in [1.807, 2.05) is 49.4 Å². The Morgan fingerprint density at radius 1 is 1.05 bits per heavy atom. The van der Waals surface area contributed by atoms with Gasteiger partial charge in [0.25, 0.3) is 0 Å². The zero-order chi connectivity index (χ0) is 28.3. The van der Waals surface area contributed by atoms with E-state index in [1.54, 1.807) is 12.1 Å². The van der Waals surface area contributed by atoms with Crippen LogP contribution in [0.2, 0.25) is 0 Å². The van der Waals surface area contributed by atoms with Crippen molar-refractivity contribution in [2.45, 2.75) is 57.4 Å². The first-order valence-electron chi connectivity index (χ1n) is 12.2. The summed E-state index contributed by atoms with van der Waals surface area (Å²) in [5.74, 6) is -2.24. The number of hydrogen-bond acceptors (Lipinski definition) is 6. The van der Waals surface area contributed by atoms with E-state index in [1.165, 1.54) is 7.11 Å². The normalized spacial score (nSPS) is 17.3. The third-order valence-corrected chi connectivity index (χ3v) is 6.08. The Kier molecular flexibility index (Phi) is 11.6. The number of nitrogens with one attached hydrogen (secondary N) is 1. The first kappa shape index (κ1) is 30.6. The average Bonchev–Trinajstić information content (AvgIpc) is 2.91. The second kappa shape index (κ2) is 14.4. The molecule has 0 aliphatic carbocycles. The average molecular weight is 539 g/mol. The molecule has 3 atom stereocenters. The van der Waals surface area contributed by atoms with Gasteiger partial charge in [-0.25, -0.2) is 9.59 Å². The minimum absolute atomic E-state index is 0.0378. The van der Waals surface area contributed by atoms with Crippen LogP contribution < -0.4 is 10.1 Å². The lowest BCUT2D eigenvalue weighted by Crippen LogP contribution is -2.54. The second-order valence-corrected chi connectivity index (χ2v) is 8.87. The molecule has 38 heavy (non-hydrogen) atoms. The Hall–Kier alpha value is -3.60. The molecule has 1 amide bonds. The van der Waals surface area contributed by atoms with E-state index in [2.05, 4.69) is 17.1 Å². The van der Waals surface area contributed by atoms with Gasteiger partial charge in [-0.15, -0.1) is 0 Å². The highest BCUT2D eigenvalue weighted by atomic mass is 19.4. The van der Waals surface area contributed by atoms with Crippen LogP contribution in [-0.2, 0) is 14.3 Å². The molecule has 0 aromatic heterocycles. The zero-order valence-corrected chi connectivity index (χ0v) is 21.5. The maximum Gasteiger partial charge on any atom is 0.490 e. The number of carbonyl (C=O) groups excluding carboxylic acids is 2. The number of halogens is 3. The number of piperidine rings is 1. The van der Waals surface area contributed by atoms with Crippen LogP contribution in [0.1, 0.15) is 55.1 Å². The number of aliphatic carboxylic acids is 1. The van der Waals surface area contributed by atoms with Crippen molar-refractivity contribution in [3.8, 4) is 5.75 Å². The quantitative estimate of drug-likeness (QED) is 0.473. The van der Waals surface area contributed by atoms with Crippen LogP contribution in [0.15, 0.2) is 54.6 Å². The summed E-state index contributed by atoms with van der Waals surface area (Å²) >= 11 is 0. The number of esters is 1. The van der Waals surface area contributed by atoms with Gasteiger partial charge < -0.3 is 19.9 Å². The van der Waals surface area contributed by atoms with Gasteiger partial charge in [0.1, 0.15) is 12.4 Å². The van der Waals surface area contributed by atoms with Crippen molar-refractivity contribution in [1.82, 2.24) is 10.2 Å². The number of alkyl halides is 3. The minimum Gasteiger partial charge on any atom is -0.492 e. The molecule has 208 valence electrons. The molecule has 2 aromatic carbocycles. The van der Waals surface area contributed by atoms with Gasteiger partial charge in [0.2, 0.25) is 5.91 Å². The van der Waals surface area contributed by atoms with E-state index < -0.39 is 12.1 Å². The van der Waals surface area contributed by atoms with Gasteiger partial charge in [-0.1, -0.05) is 36.8 Å². The van der Waals surface area contributed by atoms with E-state index in [4.69, 9.17) is 19.4 Å². The highest BCUT2D eigenvalue weighted by Crippen LogP contribution is 2.22. The van der Waals surface area contributed by atoms with Gasteiger partial charge in [-0.2, -0.15) is 13.2 Å². The van der Waals surface area contributed by atoms with Crippen LogP contribution in [0.4, 0.5) is 13.2 Å². The van der Waals surface area contributed by atoms with E-state index in [0.29, 0.717) is 12.2 Å². The molecule has 0 spiro atoms. The summed E-state index contributed by atoms with van der Waals surface area (Å²) in [6, 6.07) is 16.7. The first-order valence-corrected chi connectivity index (χ1v) is 12.2. The predicted molar refractivity (Wildman–Crippen MR) is 134 cm³/mol. The molecule has 1 fully saturated rings. The molecule has 8 nitrogen and oxygen atoms in total. The van der Waals surface area contributed by atoms with Crippen molar-refractivity contribution in [3.63, 3.8) is 0 Å². The molecular weight excluding hydrogens is 505 g/mol. The SMILES string of the molecule is COC(=O)c1ccc(C(C)NC(=O)[C@H]2CCCCN2C(C)COc2ccccc2)cc1.O=C(O)C(F)(F)F. The maximum absolute atomic E-state index is 13.1. The van der Waals surface area contributed by atoms with Gasteiger partial charge in [0.15, 0.2) is 0 Å². The lowest BCUT2D eigenvalue weighted by atomic mass is 9.98. The summed E-state index contributed by atoms with van der Waals surface area (Å²) in [5.41, 5.74) is 1.44. The van der Waals surface area contributed by atoms with E-state index in [9.17, 15) is 22.8 Å². The van der Waals surface area contributed by atoms with E-state index in [0.717, 1.165) is 37.1 Å². The zero-order valence-electron chi connectivity index (χ0n) is 21.5. The third kappa shape index (κ3) is 9.37. The number of amides is 1. The molecule has 3 rings (SSSR count). The van der Waals surface area contributed by atoms with Crippen molar-refractivity contribution in [2.75, 3.05) is 20.3 Å². The monoisotopic (exact) mass is 538 g/mol. The van der Waals surface area contributed by atoms with Crippen LogP contribution in [0, 0.1) is 0 Å². The van der Waals surface area contributed by atoms with E-state index >= 15 is 0 Å². The largest absolute Gasteiger partial charge is 0.492 e. The molecule has 2 N–H and O–H groups in total. The molecule has 1 aliphatic heterocycles. The topological polar surface area (TPSA) is 105 Å².